The lowest BCUT2D eigenvalue weighted by atomic mass is 9.89. The summed E-state index contributed by atoms with van der Waals surface area (Å²) in [6.45, 7) is 0.805. The zero-order valence-electron chi connectivity index (χ0n) is 10.7. The molecule has 20 heavy (non-hydrogen) atoms. The number of hydrogen-bond acceptors (Lipinski definition) is 4. The fraction of sp³-hybridized carbons (Fsp3) is 0.385. The number of aliphatic carboxylic acids is 1. The van der Waals surface area contributed by atoms with E-state index in [4.69, 9.17) is 10.5 Å². The van der Waals surface area contributed by atoms with Gasteiger partial charge in [-0.2, -0.15) is 0 Å². The monoisotopic (exact) mass is 342 g/mol. The topological polar surface area (TPSA) is 102 Å². The van der Waals surface area contributed by atoms with Gasteiger partial charge >= 0.3 is 5.97 Å². The molecule has 108 valence electrons. The first kappa shape index (κ1) is 14.8. The molecule has 0 aromatic heterocycles. The molecule has 1 amide bonds. The third-order valence-corrected chi connectivity index (χ3v) is 4.03. The molecule has 1 fully saturated rings. The van der Waals surface area contributed by atoms with Gasteiger partial charge in [0.25, 0.3) is 0 Å². The van der Waals surface area contributed by atoms with E-state index >= 15 is 0 Å². The molecule has 2 rings (SSSR count). The fourth-order valence-corrected chi connectivity index (χ4v) is 2.76. The van der Waals surface area contributed by atoms with Crippen LogP contribution in [0.3, 0.4) is 0 Å². The molecule has 0 saturated carbocycles. The summed E-state index contributed by atoms with van der Waals surface area (Å²) in [5.74, 6) is -1.45. The van der Waals surface area contributed by atoms with Crippen LogP contribution in [0.15, 0.2) is 22.7 Å². The van der Waals surface area contributed by atoms with Gasteiger partial charge in [0.2, 0.25) is 5.91 Å². The number of carbonyl (C=O) groups is 2. The van der Waals surface area contributed by atoms with Gasteiger partial charge < -0.3 is 20.9 Å². The smallest absolute Gasteiger partial charge is 0.329 e. The average Bonchev–Trinajstić information content (AvgIpc) is 2.39. The van der Waals surface area contributed by atoms with Gasteiger partial charge in [-0.25, -0.2) is 4.79 Å². The van der Waals surface area contributed by atoms with Crippen molar-refractivity contribution in [3.8, 4) is 0 Å². The first-order chi connectivity index (χ1) is 9.44. The number of ether oxygens (including phenoxy) is 1. The minimum absolute atomic E-state index is 0.354. The molecule has 0 bridgehead atoms. The lowest BCUT2D eigenvalue weighted by Gasteiger charge is -2.34. The summed E-state index contributed by atoms with van der Waals surface area (Å²) in [4.78, 5) is 22.7. The Balaban J connectivity index is 2.25. The number of halogens is 1. The number of nitrogens with two attached hydrogens (primary N) is 1. The molecule has 7 heteroatoms. The summed E-state index contributed by atoms with van der Waals surface area (Å²) in [5, 5.41) is 12.5. The standard InChI is InChI=1S/C13H15BrN2O4/c14-10-7-8(1-2-9(10)11(15)17)16-13(12(18)19)3-5-20-6-4-13/h1-2,7,16H,3-6H2,(H2,15,17)(H,18,19). The Hall–Kier alpha value is -1.60. The highest BCUT2D eigenvalue weighted by Crippen LogP contribution is 2.29. The van der Waals surface area contributed by atoms with Crippen LogP contribution in [0.1, 0.15) is 23.2 Å². The van der Waals surface area contributed by atoms with E-state index in [0.717, 1.165) is 0 Å². The predicted molar refractivity (Wildman–Crippen MR) is 76.7 cm³/mol. The molecule has 1 aromatic rings. The summed E-state index contributed by atoms with van der Waals surface area (Å²) in [6, 6.07) is 4.86. The Morgan fingerprint density at radius 1 is 1.35 bits per heavy atom. The van der Waals surface area contributed by atoms with Crippen molar-refractivity contribution in [1.29, 1.82) is 0 Å². The van der Waals surface area contributed by atoms with E-state index in [1.165, 1.54) is 0 Å². The Kier molecular flexibility index (Phi) is 4.29. The van der Waals surface area contributed by atoms with E-state index in [9.17, 15) is 14.7 Å². The summed E-state index contributed by atoms with van der Waals surface area (Å²) < 4.78 is 5.74. The van der Waals surface area contributed by atoms with Crippen LogP contribution in [0.4, 0.5) is 5.69 Å². The maximum Gasteiger partial charge on any atom is 0.329 e. The van der Waals surface area contributed by atoms with E-state index in [2.05, 4.69) is 21.2 Å². The Morgan fingerprint density at radius 3 is 2.50 bits per heavy atom. The third-order valence-electron chi connectivity index (χ3n) is 3.37. The molecule has 0 spiro atoms. The molecular formula is C13H15BrN2O4. The minimum atomic E-state index is -1.04. The van der Waals surface area contributed by atoms with Crippen molar-refractivity contribution in [2.75, 3.05) is 18.5 Å². The second-order valence-corrected chi connectivity index (χ2v) is 5.54. The Morgan fingerprint density at radius 2 is 2.00 bits per heavy atom. The van der Waals surface area contributed by atoms with Gasteiger partial charge in [-0.3, -0.25) is 4.79 Å². The molecular weight excluding hydrogens is 328 g/mol. The summed E-state index contributed by atoms with van der Waals surface area (Å²) in [6.07, 6.45) is 0.773. The van der Waals surface area contributed by atoms with Gasteiger partial charge in [-0.05, 0) is 34.1 Å². The minimum Gasteiger partial charge on any atom is -0.480 e. The number of primary amides is 1. The van der Waals surface area contributed by atoms with Crippen LogP contribution in [0.25, 0.3) is 0 Å². The van der Waals surface area contributed by atoms with Crippen LogP contribution in [-0.4, -0.2) is 35.7 Å². The van der Waals surface area contributed by atoms with Gasteiger partial charge in [0.1, 0.15) is 5.54 Å². The van der Waals surface area contributed by atoms with E-state index in [0.29, 0.717) is 41.8 Å². The van der Waals surface area contributed by atoms with Crippen molar-refractivity contribution in [3.63, 3.8) is 0 Å². The molecule has 1 aromatic carbocycles. The van der Waals surface area contributed by atoms with Crippen LogP contribution in [-0.2, 0) is 9.53 Å². The van der Waals surface area contributed by atoms with E-state index < -0.39 is 17.4 Å². The van der Waals surface area contributed by atoms with Gasteiger partial charge in [-0.15, -0.1) is 0 Å². The highest BCUT2D eigenvalue weighted by Gasteiger charge is 2.40. The van der Waals surface area contributed by atoms with Crippen molar-refractivity contribution in [3.05, 3.63) is 28.2 Å². The molecule has 0 aliphatic carbocycles. The number of hydrogen-bond donors (Lipinski definition) is 3. The van der Waals surface area contributed by atoms with E-state index in [-0.39, 0.29) is 0 Å². The first-order valence-electron chi connectivity index (χ1n) is 6.13. The quantitative estimate of drug-likeness (QED) is 0.771. The molecule has 0 unspecified atom stereocenters. The fourth-order valence-electron chi connectivity index (χ4n) is 2.18. The van der Waals surface area contributed by atoms with Gasteiger partial charge in [0.15, 0.2) is 0 Å². The summed E-state index contributed by atoms with van der Waals surface area (Å²) in [7, 11) is 0. The second kappa shape index (κ2) is 5.80. The SMILES string of the molecule is NC(=O)c1ccc(NC2(C(=O)O)CCOCC2)cc1Br. The maximum absolute atomic E-state index is 11.5. The second-order valence-electron chi connectivity index (χ2n) is 4.68. The highest BCUT2D eigenvalue weighted by atomic mass is 79.9. The number of amides is 1. The number of nitrogens with one attached hydrogen (secondary N) is 1. The number of rotatable bonds is 4. The number of carboxylic acid groups (broad SMARTS) is 1. The lowest BCUT2D eigenvalue weighted by molar-refractivity contribution is -0.145. The third kappa shape index (κ3) is 2.94. The van der Waals surface area contributed by atoms with Crippen molar-refractivity contribution >= 4 is 33.5 Å². The van der Waals surface area contributed by atoms with Crippen LogP contribution >= 0.6 is 15.9 Å². The number of carbonyl (C=O) groups excluding carboxylic acids is 1. The Bertz CT molecular complexity index is 541. The van der Waals surface area contributed by atoms with Gasteiger partial charge in [-0.1, -0.05) is 0 Å². The van der Waals surface area contributed by atoms with E-state index in [1.807, 2.05) is 0 Å². The van der Waals surface area contributed by atoms with Crippen molar-refractivity contribution in [1.82, 2.24) is 0 Å². The van der Waals surface area contributed by atoms with Crippen molar-refractivity contribution in [2.24, 2.45) is 5.73 Å². The predicted octanol–water partition coefficient (Wildman–Crippen LogP) is 1.59. The number of carboxylic acids is 1. The zero-order valence-corrected chi connectivity index (χ0v) is 12.3. The van der Waals surface area contributed by atoms with Crippen molar-refractivity contribution < 1.29 is 19.4 Å². The highest BCUT2D eigenvalue weighted by molar-refractivity contribution is 9.10. The molecule has 1 saturated heterocycles. The molecule has 0 atom stereocenters. The molecule has 1 aliphatic rings. The molecule has 0 radical (unpaired) electrons. The normalized spacial score (nSPS) is 17.4. The molecule has 6 nitrogen and oxygen atoms in total. The molecule has 1 aliphatic heterocycles. The molecule has 4 N–H and O–H groups in total. The summed E-state index contributed by atoms with van der Waals surface area (Å²) in [5.41, 5.74) is 5.16. The lowest BCUT2D eigenvalue weighted by Crippen LogP contribution is -2.50. The van der Waals surface area contributed by atoms with E-state index in [1.54, 1.807) is 18.2 Å². The zero-order chi connectivity index (χ0) is 14.8. The van der Waals surface area contributed by atoms with Crippen LogP contribution < -0.4 is 11.1 Å². The maximum atomic E-state index is 11.5. The first-order valence-corrected chi connectivity index (χ1v) is 6.93. The number of benzene rings is 1. The molecule has 1 heterocycles. The van der Waals surface area contributed by atoms with Crippen LogP contribution in [0.2, 0.25) is 0 Å². The van der Waals surface area contributed by atoms with Gasteiger partial charge in [0, 0.05) is 36.2 Å². The average molecular weight is 343 g/mol. The summed E-state index contributed by atoms with van der Waals surface area (Å²) >= 11 is 3.25. The van der Waals surface area contributed by atoms with Crippen molar-refractivity contribution in [2.45, 2.75) is 18.4 Å². The largest absolute Gasteiger partial charge is 0.480 e. The Labute approximate surface area is 124 Å². The number of anilines is 1. The van der Waals surface area contributed by atoms with Crippen LogP contribution in [0.5, 0.6) is 0 Å². The van der Waals surface area contributed by atoms with Crippen LogP contribution in [0, 0.1) is 0 Å². The van der Waals surface area contributed by atoms with Gasteiger partial charge in [0.05, 0.1) is 5.56 Å².